The number of nitrogens with zero attached hydrogens (tertiary/aromatic N) is 2. The predicted octanol–water partition coefficient (Wildman–Crippen LogP) is 4.23. The van der Waals surface area contributed by atoms with E-state index in [9.17, 15) is 4.39 Å². The van der Waals surface area contributed by atoms with Crippen LogP contribution in [-0.4, -0.2) is 9.97 Å². The number of nitrogens with one attached hydrogen (secondary N) is 1. The Labute approximate surface area is 129 Å². The summed E-state index contributed by atoms with van der Waals surface area (Å²) in [6.07, 6.45) is 0.664. The number of halogens is 3. The van der Waals surface area contributed by atoms with Crippen molar-refractivity contribution in [3.8, 4) is 0 Å². The molecule has 0 saturated heterocycles. The van der Waals surface area contributed by atoms with Gasteiger partial charge in [0.25, 0.3) is 0 Å². The molecular formula is C13H13BrClFN4. The van der Waals surface area contributed by atoms with Crippen LogP contribution in [0.5, 0.6) is 0 Å². The highest BCUT2D eigenvalue weighted by Gasteiger charge is 2.13. The van der Waals surface area contributed by atoms with Crippen LogP contribution in [0.25, 0.3) is 0 Å². The van der Waals surface area contributed by atoms with Crippen molar-refractivity contribution in [3.63, 3.8) is 0 Å². The molecule has 0 radical (unpaired) electrons. The van der Waals surface area contributed by atoms with E-state index in [2.05, 4.69) is 31.2 Å². The van der Waals surface area contributed by atoms with Gasteiger partial charge in [-0.1, -0.05) is 18.5 Å². The molecule has 0 aliphatic rings. The first-order valence-electron chi connectivity index (χ1n) is 5.97. The molecule has 0 fully saturated rings. The van der Waals surface area contributed by atoms with E-state index in [-0.39, 0.29) is 5.02 Å². The van der Waals surface area contributed by atoms with Crippen molar-refractivity contribution in [1.82, 2.24) is 9.97 Å². The van der Waals surface area contributed by atoms with Crippen LogP contribution in [0.3, 0.4) is 0 Å². The molecule has 1 heterocycles. The minimum absolute atomic E-state index is 0.256. The maximum absolute atomic E-state index is 13.2. The summed E-state index contributed by atoms with van der Waals surface area (Å²) in [5, 5.41) is 3.33. The topological polar surface area (TPSA) is 63.8 Å². The number of aryl methyl sites for hydroxylation is 1. The summed E-state index contributed by atoms with van der Waals surface area (Å²) in [5.74, 6) is 1.18. The maximum atomic E-state index is 13.2. The van der Waals surface area contributed by atoms with Crippen LogP contribution in [0.4, 0.5) is 21.7 Å². The van der Waals surface area contributed by atoms with Crippen molar-refractivity contribution in [2.45, 2.75) is 20.3 Å². The van der Waals surface area contributed by atoms with Crippen LogP contribution in [0.15, 0.2) is 16.6 Å². The minimum Gasteiger partial charge on any atom is -0.383 e. The van der Waals surface area contributed by atoms with Crippen molar-refractivity contribution < 1.29 is 4.39 Å². The molecule has 1 aromatic heterocycles. The summed E-state index contributed by atoms with van der Waals surface area (Å²) < 4.78 is 13.7. The molecule has 0 spiro atoms. The molecular weight excluding hydrogens is 347 g/mol. The molecule has 2 aromatic rings. The van der Waals surface area contributed by atoms with Crippen LogP contribution < -0.4 is 11.1 Å². The maximum Gasteiger partial charge on any atom is 0.139 e. The van der Waals surface area contributed by atoms with E-state index in [0.29, 0.717) is 34.0 Å². The quantitative estimate of drug-likeness (QED) is 0.861. The zero-order valence-corrected chi connectivity index (χ0v) is 13.3. The van der Waals surface area contributed by atoms with Gasteiger partial charge in [-0.15, -0.1) is 0 Å². The second kappa shape index (κ2) is 5.93. The van der Waals surface area contributed by atoms with E-state index in [1.807, 2.05) is 13.8 Å². The third-order valence-electron chi connectivity index (χ3n) is 2.80. The summed E-state index contributed by atoms with van der Waals surface area (Å²) in [4.78, 5) is 8.55. The molecule has 0 bridgehead atoms. The van der Waals surface area contributed by atoms with Crippen molar-refractivity contribution in [2.24, 2.45) is 0 Å². The molecule has 0 atom stereocenters. The van der Waals surface area contributed by atoms with Gasteiger partial charge in [0.15, 0.2) is 0 Å². The standard InChI is InChI=1S/C13H13BrClFN4/c1-3-10-18-12(17)6(2)13(19-10)20-11-8(14)4-7(16)5-9(11)15/h4-5H,3H2,1-2H3,(H3,17,18,19,20). The Morgan fingerprint density at radius 2 is 2.10 bits per heavy atom. The van der Waals surface area contributed by atoms with Gasteiger partial charge in [0.05, 0.1) is 10.7 Å². The summed E-state index contributed by atoms with van der Waals surface area (Å²) in [7, 11) is 0. The van der Waals surface area contributed by atoms with Crippen LogP contribution in [-0.2, 0) is 6.42 Å². The van der Waals surface area contributed by atoms with Gasteiger partial charge in [-0.2, -0.15) is 0 Å². The summed E-state index contributed by atoms with van der Waals surface area (Å²) in [6.45, 7) is 3.75. The van der Waals surface area contributed by atoms with Gasteiger partial charge in [-0.25, -0.2) is 14.4 Å². The Morgan fingerprint density at radius 3 is 2.70 bits per heavy atom. The van der Waals surface area contributed by atoms with Crippen LogP contribution in [0.2, 0.25) is 5.02 Å². The van der Waals surface area contributed by atoms with E-state index in [4.69, 9.17) is 17.3 Å². The number of hydrogen-bond acceptors (Lipinski definition) is 4. The number of nitrogens with two attached hydrogens (primary N) is 1. The fourth-order valence-electron chi connectivity index (χ4n) is 1.64. The third kappa shape index (κ3) is 3.02. The monoisotopic (exact) mass is 358 g/mol. The number of anilines is 3. The second-order valence-electron chi connectivity index (χ2n) is 4.22. The molecule has 0 aliphatic heterocycles. The van der Waals surface area contributed by atoms with E-state index < -0.39 is 5.82 Å². The molecule has 1 aromatic carbocycles. The van der Waals surface area contributed by atoms with Crippen LogP contribution in [0.1, 0.15) is 18.3 Å². The van der Waals surface area contributed by atoms with Crippen molar-refractivity contribution in [3.05, 3.63) is 38.8 Å². The average molecular weight is 360 g/mol. The predicted molar refractivity (Wildman–Crippen MR) is 83.0 cm³/mol. The normalized spacial score (nSPS) is 10.7. The summed E-state index contributed by atoms with van der Waals surface area (Å²) in [6, 6.07) is 2.56. The summed E-state index contributed by atoms with van der Waals surface area (Å²) >= 11 is 9.32. The van der Waals surface area contributed by atoms with Crippen LogP contribution >= 0.6 is 27.5 Å². The summed E-state index contributed by atoms with van der Waals surface area (Å²) in [5.41, 5.74) is 7.11. The van der Waals surface area contributed by atoms with Gasteiger partial charge in [0.1, 0.15) is 23.3 Å². The lowest BCUT2D eigenvalue weighted by Gasteiger charge is -2.14. The first-order chi connectivity index (χ1) is 9.42. The zero-order chi connectivity index (χ0) is 14.9. The fraction of sp³-hybridized carbons (Fsp3) is 0.231. The lowest BCUT2D eigenvalue weighted by Crippen LogP contribution is -2.07. The largest absolute Gasteiger partial charge is 0.383 e. The number of hydrogen-bond donors (Lipinski definition) is 2. The number of rotatable bonds is 3. The van der Waals surface area contributed by atoms with E-state index in [1.54, 1.807) is 0 Å². The lowest BCUT2D eigenvalue weighted by molar-refractivity contribution is 0.627. The zero-order valence-electron chi connectivity index (χ0n) is 11.0. The van der Waals surface area contributed by atoms with Crippen LogP contribution in [0, 0.1) is 12.7 Å². The van der Waals surface area contributed by atoms with Crippen molar-refractivity contribution >= 4 is 44.9 Å². The Bertz CT molecular complexity index is 640. The highest BCUT2D eigenvalue weighted by atomic mass is 79.9. The van der Waals surface area contributed by atoms with E-state index in [0.717, 1.165) is 5.56 Å². The van der Waals surface area contributed by atoms with Gasteiger partial charge in [0.2, 0.25) is 0 Å². The van der Waals surface area contributed by atoms with E-state index >= 15 is 0 Å². The first-order valence-corrected chi connectivity index (χ1v) is 7.14. The fourth-order valence-corrected chi connectivity index (χ4v) is 2.54. The molecule has 4 nitrogen and oxygen atoms in total. The molecule has 2 rings (SSSR count). The molecule has 0 unspecified atom stereocenters. The molecule has 0 amide bonds. The smallest absolute Gasteiger partial charge is 0.139 e. The van der Waals surface area contributed by atoms with Gasteiger partial charge >= 0.3 is 0 Å². The molecule has 7 heteroatoms. The first kappa shape index (κ1) is 15.0. The Hall–Kier alpha value is -1.40. The number of aromatic nitrogens is 2. The van der Waals surface area contributed by atoms with Gasteiger partial charge < -0.3 is 11.1 Å². The Balaban J connectivity index is 2.47. The highest BCUT2D eigenvalue weighted by Crippen LogP contribution is 2.34. The lowest BCUT2D eigenvalue weighted by atomic mass is 10.2. The third-order valence-corrected chi connectivity index (χ3v) is 3.72. The molecule has 3 N–H and O–H groups in total. The average Bonchev–Trinajstić information content (AvgIpc) is 2.38. The van der Waals surface area contributed by atoms with Gasteiger partial charge in [-0.05, 0) is 35.0 Å². The Morgan fingerprint density at radius 1 is 1.40 bits per heavy atom. The SMILES string of the molecule is CCc1nc(N)c(C)c(Nc2c(Cl)cc(F)cc2Br)n1. The molecule has 20 heavy (non-hydrogen) atoms. The minimum atomic E-state index is -0.416. The number of nitrogen functional groups attached to an aromatic ring is 1. The molecule has 106 valence electrons. The highest BCUT2D eigenvalue weighted by molar-refractivity contribution is 9.10. The van der Waals surface area contributed by atoms with Crippen molar-refractivity contribution in [1.29, 1.82) is 0 Å². The van der Waals surface area contributed by atoms with Crippen molar-refractivity contribution in [2.75, 3.05) is 11.1 Å². The molecule has 0 aliphatic carbocycles. The van der Waals surface area contributed by atoms with Gasteiger partial charge in [0, 0.05) is 16.5 Å². The second-order valence-corrected chi connectivity index (χ2v) is 5.48. The van der Waals surface area contributed by atoms with Gasteiger partial charge in [-0.3, -0.25) is 0 Å². The number of benzene rings is 1. The van der Waals surface area contributed by atoms with E-state index in [1.165, 1.54) is 12.1 Å². The molecule has 0 saturated carbocycles. The Kier molecular flexibility index (Phi) is 4.45.